The fourth-order valence-corrected chi connectivity index (χ4v) is 9.12. The molecule has 3 aromatic carbocycles. The van der Waals surface area contributed by atoms with Crippen molar-refractivity contribution in [2.45, 2.75) is 34.9 Å². The third-order valence-corrected chi connectivity index (χ3v) is 11.6. The number of carboxylic acid groups (broad SMARTS) is 1. The highest BCUT2D eigenvalue weighted by Gasteiger charge is 2.48. The molecule has 0 unspecified atom stereocenters. The summed E-state index contributed by atoms with van der Waals surface area (Å²) in [5.74, 6) is -2.49. The summed E-state index contributed by atoms with van der Waals surface area (Å²) in [4.78, 5) is 72.6. The SMILES string of the molecule is O=C1NC(=Nc2ccc(Cl)c(C(=O)O)c2)S/C1=C\c1ccc(Sc2nc3ccc(N4C(=O)[C@H]5CCCC[C@@H]5C4=O)cc3s2)c([N+](=O)[O-])c1. The maximum absolute atomic E-state index is 13.1. The average Bonchev–Trinajstić information content (AvgIpc) is 3.70. The fourth-order valence-electron chi connectivity index (χ4n) is 5.93. The van der Waals surface area contributed by atoms with Gasteiger partial charge in [-0.1, -0.05) is 42.3 Å². The smallest absolute Gasteiger partial charge is 0.337 e. The Morgan fingerprint density at radius 1 is 1.08 bits per heavy atom. The number of aromatic carboxylic acids is 1. The summed E-state index contributed by atoms with van der Waals surface area (Å²) in [7, 11) is 0. The number of thiazole rings is 1. The zero-order chi connectivity index (χ0) is 33.7. The van der Waals surface area contributed by atoms with Gasteiger partial charge in [-0.2, -0.15) is 0 Å². The predicted molar refractivity (Wildman–Crippen MR) is 184 cm³/mol. The number of aliphatic imine (C=N–C) groups is 1. The zero-order valence-corrected chi connectivity index (χ0v) is 27.8. The monoisotopic (exact) mass is 719 g/mol. The maximum atomic E-state index is 13.1. The van der Waals surface area contributed by atoms with E-state index in [1.54, 1.807) is 30.3 Å². The summed E-state index contributed by atoms with van der Waals surface area (Å²) in [5, 5.41) is 24.3. The van der Waals surface area contributed by atoms with Gasteiger partial charge < -0.3 is 10.4 Å². The number of hydrogen-bond acceptors (Lipinski definition) is 11. The first-order chi connectivity index (χ1) is 23.0. The van der Waals surface area contributed by atoms with Crippen molar-refractivity contribution in [2.75, 3.05) is 4.90 Å². The Kier molecular flexibility index (Phi) is 8.53. The van der Waals surface area contributed by atoms with Crippen LogP contribution >= 0.6 is 46.5 Å². The standard InChI is InChI=1S/C32H22ClN5O7S3/c33-21-8-6-16(13-20(21)30(42)43)34-31-36-27(39)26(46-31)12-15-5-10-24(23(11-15)38(44)45)47-32-35-22-9-7-17(14-25(22)48-32)37-28(40)18-3-1-2-4-19(18)29(37)41/h5-14,18-19H,1-4H2,(H,42,43)(H,34,36,39)/b26-12-/t18-,19-/m0/s1. The molecule has 7 rings (SSSR count). The van der Waals surface area contributed by atoms with Crippen LogP contribution < -0.4 is 10.2 Å². The van der Waals surface area contributed by atoms with Crippen LogP contribution in [0.15, 0.2) is 73.7 Å². The van der Waals surface area contributed by atoms with Crippen LogP contribution in [0.25, 0.3) is 16.3 Å². The number of aromatic nitrogens is 1. The van der Waals surface area contributed by atoms with E-state index in [1.807, 2.05) is 0 Å². The second-order valence-electron chi connectivity index (χ2n) is 11.2. The van der Waals surface area contributed by atoms with E-state index in [2.05, 4.69) is 15.3 Å². The molecule has 242 valence electrons. The van der Waals surface area contributed by atoms with E-state index in [-0.39, 0.29) is 55.7 Å². The molecule has 2 N–H and O–H groups in total. The number of halogens is 1. The molecule has 3 fully saturated rings. The van der Waals surface area contributed by atoms with Gasteiger partial charge in [0.2, 0.25) is 11.8 Å². The molecular formula is C32H22ClN5O7S3. The van der Waals surface area contributed by atoms with Crippen molar-refractivity contribution >= 4 is 109 Å². The van der Waals surface area contributed by atoms with Crippen molar-refractivity contribution in [1.82, 2.24) is 10.3 Å². The first kappa shape index (κ1) is 32.0. The van der Waals surface area contributed by atoms with Gasteiger partial charge in [-0.25, -0.2) is 14.8 Å². The summed E-state index contributed by atoms with van der Waals surface area (Å²) >= 11 is 9.36. The number of imide groups is 1. The highest BCUT2D eigenvalue weighted by atomic mass is 35.5. The van der Waals surface area contributed by atoms with Crippen molar-refractivity contribution in [1.29, 1.82) is 0 Å². The van der Waals surface area contributed by atoms with Crippen LogP contribution in [0, 0.1) is 22.0 Å². The molecule has 2 atom stereocenters. The lowest BCUT2D eigenvalue weighted by molar-refractivity contribution is -0.387. The van der Waals surface area contributed by atoms with Crippen molar-refractivity contribution in [2.24, 2.45) is 16.8 Å². The number of nitro groups is 1. The molecule has 0 radical (unpaired) electrons. The topological polar surface area (TPSA) is 172 Å². The van der Waals surface area contributed by atoms with E-state index in [0.29, 0.717) is 26.0 Å². The number of amidine groups is 1. The lowest BCUT2D eigenvalue weighted by atomic mass is 9.81. The second kappa shape index (κ2) is 12.8. The number of anilines is 1. The van der Waals surface area contributed by atoms with Crippen LogP contribution in [0.2, 0.25) is 5.02 Å². The number of nitro benzene ring substituents is 1. The summed E-state index contributed by atoms with van der Waals surface area (Å²) in [6.07, 6.45) is 4.85. The van der Waals surface area contributed by atoms with Crippen molar-refractivity contribution < 1.29 is 29.2 Å². The third-order valence-electron chi connectivity index (χ3n) is 8.19. The number of thioether (sulfide) groups is 1. The lowest BCUT2D eigenvalue weighted by Crippen LogP contribution is -2.30. The second-order valence-corrected chi connectivity index (χ2v) is 14.9. The number of hydrogen-bond donors (Lipinski definition) is 2. The summed E-state index contributed by atoms with van der Waals surface area (Å²) < 4.78 is 1.29. The molecule has 2 aliphatic heterocycles. The zero-order valence-electron chi connectivity index (χ0n) is 24.5. The largest absolute Gasteiger partial charge is 0.478 e. The normalized spacial score (nSPS) is 20.9. The highest BCUT2D eigenvalue weighted by molar-refractivity contribution is 8.18. The number of nitrogens with zero attached hydrogens (tertiary/aromatic N) is 4. The number of carboxylic acids is 1. The number of nitrogens with one attached hydrogen (secondary N) is 1. The average molecular weight is 720 g/mol. The predicted octanol–water partition coefficient (Wildman–Crippen LogP) is 7.28. The molecule has 2 saturated heterocycles. The Morgan fingerprint density at radius 3 is 2.54 bits per heavy atom. The number of fused-ring (bicyclic) bond motifs is 2. The van der Waals surface area contributed by atoms with Crippen molar-refractivity contribution in [3.8, 4) is 0 Å². The Bertz CT molecular complexity index is 2130. The molecule has 3 heterocycles. The van der Waals surface area contributed by atoms with Gasteiger partial charge in [0.05, 0.1) is 58.7 Å². The number of amides is 3. The molecule has 48 heavy (non-hydrogen) atoms. The number of carbonyl (C=O) groups is 4. The maximum Gasteiger partial charge on any atom is 0.337 e. The fraction of sp³-hybridized carbons (Fsp3) is 0.188. The molecule has 1 aromatic heterocycles. The van der Waals surface area contributed by atoms with Gasteiger partial charge in [0, 0.05) is 6.07 Å². The summed E-state index contributed by atoms with van der Waals surface area (Å²) in [5.41, 5.74) is 1.54. The van der Waals surface area contributed by atoms with Crippen LogP contribution in [-0.2, 0) is 14.4 Å². The first-order valence-corrected chi connectivity index (χ1v) is 17.5. The molecule has 16 heteroatoms. The van der Waals surface area contributed by atoms with Gasteiger partial charge in [0.1, 0.15) is 0 Å². The molecule has 3 amide bonds. The Morgan fingerprint density at radius 2 is 1.83 bits per heavy atom. The van der Waals surface area contributed by atoms with Crippen LogP contribution in [0.1, 0.15) is 41.6 Å². The molecule has 12 nitrogen and oxygen atoms in total. The van der Waals surface area contributed by atoms with E-state index in [9.17, 15) is 34.4 Å². The molecule has 0 bridgehead atoms. The van der Waals surface area contributed by atoms with E-state index in [1.165, 1.54) is 46.6 Å². The summed E-state index contributed by atoms with van der Waals surface area (Å²) in [6.45, 7) is 0. The van der Waals surface area contributed by atoms with Gasteiger partial charge in [-0.15, -0.1) is 11.3 Å². The first-order valence-electron chi connectivity index (χ1n) is 14.6. The van der Waals surface area contributed by atoms with Gasteiger partial charge >= 0.3 is 5.97 Å². The van der Waals surface area contributed by atoms with Gasteiger partial charge in [-0.05, 0) is 78.7 Å². The van der Waals surface area contributed by atoms with Crippen LogP contribution in [0.5, 0.6) is 0 Å². The quantitative estimate of drug-likeness (QED) is 0.0856. The third kappa shape index (κ3) is 6.09. The van der Waals surface area contributed by atoms with Crippen LogP contribution in [0.3, 0.4) is 0 Å². The molecule has 1 saturated carbocycles. The lowest BCUT2D eigenvalue weighted by Gasteiger charge is -2.19. The van der Waals surface area contributed by atoms with E-state index < -0.39 is 16.8 Å². The highest BCUT2D eigenvalue weighted by Crippen LogP contribution is 2.43. The van der Waals surface area contributed by atoms with Gasteiger partial charge in [-0.3, -0.25) is 29.4 Å². The number of carbonyl (C=O) groups excluding carboxylic acids is 3. The van der Waals surface area contributed by atoms with Gasteiger partial charge in [0.15, 0.2) is 9.51 Å². The van der Waals surface area contributed by atoms with Gasteiger partial charge in [0.25, 0.3) is 11.6 Å². The number of benzene rings is 3. The van der Waals surface area contributed by atoms with Crippen molar-refractivity contribution in [3.05, 3.63) is 85.8 Å². The minimum absolute atomic E-state index is 0.0561. The minimum atomic E-state index is -1.21. The molecule has 4 aromatic rings. The Hall–Kier alpha value is -4.57. The van der Waals surface area contributed by atoms with Crippen molar-refractivity contribution in [3.63, 3.8) is 0 Å². The Balaban J connectivity index is 1.10. The Labute approximate surface area is 289 Å². The molecule has 0 spiro atoms. The van der Waals surface area contributed by atoms with Crippen LogP contribution in [0.4, 0.5) is 17.1 Å². The van der Waals surface area contributed by atoms with E-state index in [0.717, 1.165) is 53.9 Å². The van der Waals surface area contributed by atoms with Crippen LogP contribution in [-0.4, -0.2) is 43.9 Å². The molecule has 1 aliphatic carbocycles. The minimum Gasteiger partial charge on any atom is -0.478 e. The van der Waals surface area contributed by atoms with E-state index >= 15 is 0 Å². The summed E-state index contributed by atoms with van der Waals surface area (Å²) in [6, 6.07) is 14.0. The number of rotatable bonds is 7. The molecule has 3 aliphatic rings. The molecular weight excluding hydrogens is 698 g/mol. The van der Waals surface area contributed by atoms with E-state index in [4.69, 9.17) is 11.6 Å².